The summed E-state index contributed by atoms with van der Waals surface area (Å²) >= 11 is 5.08. The number of rotatable bonds is 2. The lowest BCUT2D eigenvalue weighted by atomic mass is 10.1. The van der Waals surface area contributed by atoms with E-state index in [1.54, 1.807) is 17.4 Å². The van der Waals surface area contributed by atoms with Gasteiger partial charge >= 0.3 is 0 Å². The highest BCUT2D eigenvalue weighted by Gasteiger charge is 2.13. The fourth-order valence-electron chi connectivity index (χ4n) is 1.50. The molecule has 1 aromatic heterocycles. The van der Waals surface area contributed by atoms with Crippen LogP contribution in [0.1, 0.15) is 21.4 Å². The van der Waals surface area contributed by atoms with Crippen molar-refractivity contribution in [2.45, 2.75) is 13.0 Å². The van der Waals surface area contributed by atoms with Crippen LogP contribution in [0.4, 0.5) is 4.39 Å². The van der Waals surface area contributed by atoms with E-state index < -0.39 is 0 Å². The molecule has 0 aliphatic heterocycles. The summed E-state index contributed by atoms with van der Waals surface area (Å²) in [7, 11) is 0. The Bertz CT molecular complexity index is 490. The van der Waals surface area contributed by atoms with Gasteiger partial charge in [0.25, 0.3) is 0 Å². The van der Waals surface area contributed by atoms with E-state index in [9.17, 15) is 4.39 Å². The summed E-state index contributed by atoms with van der Waals surface area (Å²) in [5, 5.41) is 0. The van der Waals surface area contributed by atoms with E-state index >= 15 is 0 Å². The Morgan fingerprint density at radius 2 is 2.12 bits per heavy atom. The van der Waals surface area contributed by atoms with Crippen LogP contribution in [0, 0.1) is 12.7 Å². The summed E-state index contributed by atoms with van der Waals surface area (Å²) in [4.78, 5) is 2.22. The van der Waals surface area contributed by atoms with Gasteiger partial charge in [-0.15, -0.1) is 11.3 Å². The molecule has 1 atom stereocenters. The minimum absolute atomic E-state index is 0.250. The number of benzene rings is 1. The Morgan fingerprint density at radius 1 is 1.38 bits per heavy atom. The van der Waals surface area contributed by atoms with Crippen LogP contribution in [-0.4, -0.2) is 0 Å². The topological polar surface area (TPSA) is 26.0 Å². The minimum Gasteiger partial charge on any atom is -0.320 e. The molecule has 0 bridgehead atoms. The average molecular weight is 300 g/mol. The fourth-order valence-corrected chi connectivity index (χ4v) is 3.09. The second kappa shape index (κ2) is 4.65. The first kappa shape index (κ1) is 11.8. The summed E-state index contributed by atoms with van der Waals surface area (Å²) in [6.07, 6.45) is 0. The molecule has 0 spiro atoms. The van der Waals surface area contributed by atoms with Crippen LogP contribution in [0.15, 0.2) is 34.8 Å². The van der Waals surface area contributed by atoms with E-state index in [1.807, 2.05) is 19.1 Å². The second-order valence-electron chi connectivity index (χ2n) is 3.59. The smallest absolute Gasteiger partial charge is 0.123 e. The lowest BCUT2D eigenvalue weighted by Crippen LogP contribution is -2.10. The summed E-state index contributed by atoms with van der Waals surface area (Å²) in [6, 6.07) is 8.16. The first-order chi connectivity index (χ1) is 7.58. The molecule has 2 rings (SSSR count). The number of hydrogen-bond acceptors (Lipinski definition) is 2. The predicted octanol–water partition coefficient (Wildman–Crippen LogP) is 4.01. The maximum atomic E-state index is 13.1. The van der Waals surface area contributed by atoms with Gasteiger partial charge in [0.2, 0.25) is 0 Å². The molecule has 0 saturated carbocycles. The van der Waals surface area contributed by atoms with Gasteiger partial charge < -0.3 is 5.73 Å². The molecular weight excluding hydrogens is 289 g/mol. The Balaban J connectivity index is 2.35. The van der Waals surface area contributed by atoms with Crippen molar-refractivity contribution in [3.63, 3.8) is 0 Å². The monoisotopic (exact) mass is 299 g/mol. The average Bonchev–Trinajstić information content (AvgIpc) is 2.58. The van der Waals surface area contributed by atoms with Gasteiger partial charge in [0.05, 0.1) is 6.04 Å². The molecule has 1 heterocycles. The fraction of sp³-hybridized carbons (Fsp3) is 0.167. The number of thiophene rings is 1. The third-order valence-corrected chi connectivity index (χ3v) is 4.61. The Morgan fingerprint density at radius 3 is 2.69 bits per heavy atom. The van der Waals surface area contributed by atoms with Crippen molar-refractivity contribution in [2.75, 3.05) is 0 Å². The third kappa shape index (κ3) is 2.34. The summed E-state index contributed by atoms with van der Waals surface area (Å²) < 4.78 is 14.1. The first-order valence-electron chi connectivity index (χ1n) is 4.85. The molecule has 16 heavy (non-hydrogen) atoms. The van der Waals surface area contributed by atoms with Gasteiger partial charge in [-0.2, -0.15) is 0 Å². The Hall–Kier alpha value is -0.710. The van der Waals surface area contributed by atoms with Gasteiger partial charge in [-0.25, -0.2) is 4.39 Å². The van der Waals surface area contributed by atoms with Crippen molar-refractivity contribution in [1.29, 1.82) is 0 Å². The zero-order chi connectivity index (χ0) is 11.7. The molecule has 1 nitrogen and oxygen atoms in total. The van der Waals surface area contributed by atoms with Crippen LogP contribution in [0.25, 0.3) is 0 Å². The highest BCUT2D eigenvalue weighted by atomic mass is 79.9. The normalized spacial score (nSPS) is 12.8. The van der Waals surface area contributed by atoms with Crippen molar-refractivity contribution in [1.82, 2.24) is 0 Å². The standard InChI is InChI=1S/C12H11BrFNS/c1-7-10(13)6-11(16-7)12(15)8-3-2-4-9(14)5-8/h2-6,12H,15H2,1H3. The Labute approximate surface area is 106 Å². The highest BCUT2D eigenvalue weighted by Crippen LogP contribution is 2.32. The van der Waals surface area contributed by atoms with Crippen molar-refractivity contribution in [3.05, 3.63) is 55.9 Å². The highest BCUT2D eigenvalue weighted by molar-refractivity contribution is 9.10. The van der Waals surface area contributed by atoms with Gasteiger partial charge in [0.15, 0.2) is 0 Å². The molecule has 4 heteroatoms. The van der Waals surface area contributed by atoms with Crippen molar-refractivity contribution >= 4 is 27.3 Å². The van der Waals surface area contributed by atoms with E-state index in [0.717, 1.165) is 14.9 Å². The van der Waals surface area contributed by atoms with E-state index in [4.69, 9.17) is 5.73 Å². The number of hydrogen-bond donors (Lipinski definition) is 1. The van der Waals surface area contributed by atoms with Gasteiger partial charge in [-0.1, -0.05) is 12.1 Å². The van der Waals surface area contributed by atoms with Gasteiger partial charge in [0, 0.05) is 14.2 Å². The molecule has 1 aromatic carbocycles. The summed E-state index contributed by atoms with van der Waals surface area (Å²) in [6.45, 7) is 2.02. The maximum absolute atomic E-state index is 13.1. The quantitative estimate of drug-likeness (QED) is 0.891. The molecule has 84 valence electrons. The molecule has 0 aliphatic rings. The van der Waals surface area contributed by atoms with E-state index in [0.29, 0.717) is 0 Å². The first-order valence-corrected chi connectivity index (χ1v) is 6.46. The van der Waals surface area contributed by atoms with Crippen LogP contribution in [0.3, 0.4) is 0 Å². The van der Waals surface area contributed by atoms with E-state index in [1.165, 1.54) is 17.0 Å². The largest absolute Gasteiger partial charge is 0.320 e. The molecule has 0 fully saturated rings. The Kier molecular flexibility index (Phi) is 3.42. The third-order valence-electron chi connectivity index (χ3n) is 2.39. The maximum Gasteiger partial charge on any atom is 0.123 e. The molecule has 1 unspecified atom stereocenters. The SMILES string of the molecule is Cc1sc(C(N)c2cccc(F)c2)cc1Br. The zero-order valence-electron chi connectivity index (χ0n) is 8.71. The number of halogens is 2. The van der Waals surface area contributed by atoms with Crippen molar-refractivity contribution in [3.8, 4) is 0 Å². The van der Waals surface area contributed by atoms with Crippen LogP contribution < -0.4 is 5.73 Å². The number of nitrogens with two attached hydrogens (primary N) is 1. The molecule has 2 aromatic rings. The van der Waals surface area contributed by atoms with Gasteiger partial charge in [-0.05, 0) is 46.6 Å². The zero-order valence-corrected chi connectivity index (χ0v) is 11.1. The molecule has 0 saturated heterocycles. The van der Waals surface area contributed by atoms with Gasteiger partial charge in [0.1, 0.15) is 5.82 Å². The van der Waals surface area contributed by atoms with E-state index in [2.05, 4.69) is 15.9 Å². The molecule has 0 radical (unpaired) electrons. The molecular formula is C12H11BrFNS. The van der Waals surface area contributed by atoms with Crippen LogP contribution in [0.2, 0.25) is 0 Å². The van der Waals surface area contributed by atoms with Crippen LogP contribution in [0.5, 0.6) is 0 Å². The molecule has 0 aliphatic carbocycles. The summed E-state index contributed by atoms with van der Waals surface area (Å²) in [5.74, 6) is -0.250. The minimum atomic E-state index is -0.259. The molecule has 2 N–H and O–H groups in total. The van der Waals surface area contributed by atoms with Crippen molar-refractivity contribution in [2.24, 2.45) is 5.73 Å². The van der Waals surface area contributed by atoms with Crippen LogP contribution in [-0.2, 0) is 0 Å². The lowest BCUT2D eigenvalue weighted by molar-refractivity contribution is 0.624. The van der Waals surface area contributed by atoms with Crippen LogP contribution >= 0.6 is 27.3 Å². The van der Waals surface area contributed by atoms with Crippen molar-refractivity contribution < 1.29 is 4.39 Å². The predicted molar refractivity (Wildman–Crippen MR) is 69.2 cm³/mol. The second-order valence-corrected chi connectivity index (χ2v) is 5.73. The number of aryl methyl sites for hydroxylation is 1. The van der Waals surface area contributed by atoms with Gasteiger partial charge in [-0.3, -0.25) is 0 Å². The molecule has 0 amide bonds. The van der Waals surface area contributed by atoms with E-state index in [-0.39, 0.29) is 11.9 Å². The lowest BCUT2D eigenvalue weighted by Gasteiger charge is -2.09. The summed E-state index contributed by atoms with van der Waals surface area (Å²) in [5.41, 5.74) is 6.89.